The Labute approximate surface area is 170 Å². The topological polar surface area (TPSA) is 62.8 Å². The van der Waals surface area contributed by atoms with E-state index in [1.165, 1.54) is 11.8 Å². The van der Waals surface area contributed by atoms with Crippen LogP contribution in [0.15, 0.2) is 51.8 Å². The molecule has 0 radical (unpaired) electrons. The molecule has 8 heteroatoms. The molecule has 0 saturated carbocycles. The van der Waals surface area contributed by atoms with Gasteiger partial charge >= 0.3 is 0 Å². The minimum atomic E-state index is -0.158. The van der Waals surface area contributed by atoms with Gasteiger partial charge in [0.25, 0.3) is 5.91 Å². The summed E-state index contributed by atoms with van der Waals surface area (Å²) in [5.74, 6) is 1.34. The van der Waals surface area contributed by atoms with Crippen LogP contribution in [0, 0.1) is 0 Å². The summed E-state index contributed by atoms with van der Waals surface area (Å²) in [4.78, 5) is 13.5. The van der Waals surface area contributed by atoms with Crippen LogP contribution in [-0.2, 0) is 4.79 Å². The zero-order chi connectivity index (χ0) is 19.0. The lowest BCUT2D eigenvalue weighted by molar-refractivity contribution is -0.127. The maximum Gasteiger partial charge on any atom is 0.276 e. The second-order valence-corrected chi connectivity index (χ2v) is 8.08. The number of carbonyl (C=O) groups is 1. The van der Waals surface area contributed by atoms with E-state index in [0.29, 0.717) is 16.4 Å². The van der Waals surface area contributed by atoms with Crippen LogP contribution in [-0.4, -0.2) is 30.6 Å². The molecule has 2 atom stereocenters. The van der Waals surface area contributed by atoms with Gasteiger partial charge in [-0.05, 0) is 42.0 Å². The lowest BCUT2D eigenvalue weighted by Crippen LogP contribution is -2.37. The van der Waals surface area contributed by atoms with E-state index < -0.39 is 0 Å². The Morgan fingerprint density at radius 1 is 1.15 bits per heavy atom. The average Bonchev–Trinajstić information content (AvgIpc) is 3.22. The number of benzene rings is 2. The van der Waals surface area contributed by atoms with Crippen LogP contribution >= 0.6 is 27.7 Å². The first-order chi connectivity index (χ1) is 13.1. The van der Waals surface area contributed by atoms with Crippen molar-refractivity contribution >= 4 is 39.7 Å². The fraction of sp³-hybridized carbons (Fsp3) is 0.211. The number of hydrazine groups is 1. The normalized spacial score (nSPS) is 23.0. The van der Waals surface area contributed by atoms with Crippen LogP contribution in [0.1, 0.15) is 17.3 Å². The van der Waals surface area contributed by atoms with Crippen LogP contribution < -0.4 is 20.2 Å². The quantitative estimate of drug-likeness (QED) is 0.699. The van der Waals surface area contributed by atoms with Gasteiger partial charge in [-0.25, -0.2) is 10.4 Å². The second-order valence-electron chi connectivity index (χ2n) is 6.04. The Bertz CT molecular complexity index is 904. The predicted molar refractivity (Wildman–Crippen MR) is 109 cm³/mol. The van der Waals surface area contributed by atoms with E-state index >= 15 is 0 Å². The Morgan fingerprint density at radius 2 is 1.93 bits per heavy atom. The van der Waals surface area contributed by atoms with Crippen LogP contribution in [0.2, 0.25) is 0 Å². The Kier molecular flexibility index (Phi) is 5.14. The first-order valence-electron chi connectivity index (χ1n) is 8.30. The van der Waals surface area contributed by atoms with Crippen molar-refractivity contribution in [3.05, 3.63) is 63.0 Å². The van der Waals surface area contributed by atoms with Crippen molar-refractivity contribution in [1.82, 2.24) is 15.8 Å². The number of hydrogen-bond acceptors (Lipinski definition) is 6. The number of halogens is 1. The van der Waals surface area contributed by atoms with E-state index in [1.807, 2.05) is 48.5 Å². The minimum absolute atomic E-state index is 0.0676. The number of fused-ring (bicyclic) bond motifs is 1. The SMILES string of the molecule is COc1ccc(OC)c(/C=C2/SC3NC(c4ccc(Br)cc4)NN3C2=O)c1. The number of amides is 1. The summed E-state index contributed by atoms with van der Waals surface area (Å²) in [6.07, 6.45) is 1.73. The maximum absolute atomic E-state index is 12.8. The highest BCUT2D eigenvalue weighted by atomic mass is 79.9. The molecule has 6 nitrogen and oxygen atoms in total. The van der Waals surface area contributed by atoms with Gasteiger partial charge in [-0.1, -0.05) is 39.8 Å². The zero-order valence-electron chi connectivity index (χ0n) is 14.7. The highest BCUT2D eigenvalue weighted by molar-refractivity contribution is 9.10. The van der Waals surface area contributed by atoms with Crippen molar-refractivity contribution in [3.8, 4) is 11.5 Å². The Balaban J connectivity index is 1.54. The van der Waals surface area contributed by atoms with Crippen molar-refractivity contribution in [2.45, 2.75) is 11.7 Å². The number of hydrogen-bond donors (Lipinski definition) is 2. The van der Waals surface area contributed by atoms with Crippen molar-refractivity contribution < 1.29 is 14.3 Å². The number of nitrogens with one attached hydrogen (secondary N) is 2. The summed E-state index contributed by atoms with van der Waals surface area (Å²) in [6, 6.07) is 13.5. The molecule has 0 bridgehead atoms. The largest absolute Gasteiger partial charge is 0.497 e. The Morgan fingerprint density at radius 3 is 2.59 bits per heavy atom. The number of nitrogens with zero attached hydrogens (tertiary/aromatic N) is 1. The summed E-state index contributed by atoms with van der Waals surface area (Å²) in [5.41, 5.74) is 4.96. The van der Waals surface area contributed by atoms with Crippen molar-refractivity contribution in [3.63, 3.8) is 0 Å². The van der Waals surface area contributed by atoms with Gasteiger partial charge in [-0.3, -0.25) is 10.1 Å². The summed E-state index contributed by atoms with van der Waals surface area (Å²) >= 11 is 4.91. The number of thioether (sulfide) groups is 1. The standard InChI is InChI=1S/C19H18BrN3O3S/c1-25-14-7-8-15(26-2)12(9-14)10-16-18(24)23-19(27-16)21-17(22-23)11-3-5-13(20)6-4-11/h3-10,17,19,21-22H,1-2H3/b16-10+. The van der Waals surface area contributed by atoms with Crippen LogP contribution in [0.5, 0.6) is 11.5 Å². The molecule has 2 saturated heterocycles. The molecule has 2 N–H and O–H groups in total. The summed E-state index contributed by atoms with van der Waals surface area (Å²) in [6.45, 7) is 0. The van der Waals surface area contributed by atoms with Gasteiger partial charge in [0.2, 0.25) is 0 Å². The molecule has 140 valence electrons. The fourth-order valence-electron chi connectivity index (χ4n) is 3.02. The minimum Gasteiger partial charge on any atom is -0.497 e. The summed E-state index contributed by atoms with van der Waals surface area (Å²) in [5, 5.41) is 5.07. The molecule has 0 aromatic heterocycles. The molecule has 1 amide bonds. The first kappa shape index (κ1) is 18.4. The Hall–Kier alpha value is -2.00. The van der Waals surface area contributed by atoms with E-state index in [4.69, 9.17) is 9.47 Å². The molecular weight excluding hydrogens is 430 g/mol. The highest BCUT2D eigenvalue weighted by Gasteiger charge is 2.43. The van der Waals surface area contributed by atoms with Gasteiger partial charge in [0, 0.05) is 10.0 Å². The monoisotopic (exact) mass is 447 g/mol. The van der Waals surface area contributed by atoms with E-state index in [2.05, 4.69) is 26.7 Å². The lowest BCUT2D eigenvalue weighted by Gasteiger charge is -2.14. The van der Waals surface area contributed by atoms with Gasteiger partial charge in [0.05, 0.1) is 19.1 Å². The number of carbonyl (C=O) groups excluding carboxylic acids is 1. The average molecular weight is 448 g/mol. The van der Waals surface area contributed by atoms with Gasteiger partial charge in [0.15, 0.2) is 5.50 Å². The molecule has 0 spiro atoms. The number of methoxy groups -OCH3 is 2. The van der Waals surface area contributed by atoms with Gasteiger partial charge in [-0.2, -0.15) is 0 Å². The van der Waals surface area contributed by atoms with Crippen molar-refractivity contribution in [2.24, 2.45) is 0 Å². The molecule has 4 rings (SSSR count). The smallest absolute Gasteiger partial charge is 0.276 e. The molecule has 2 unspecified atom stereocenters. The van der Waals surface area contributed by atoms with Crippen molar-refractivity contribution in [2.75, 3.05) is 14.2 Å². The van der Waals surface area contributed by atoms with E-state index in [0.717, 1.165) is 15.6 Å². The number of ether oxygens (including phenoxy) is 2. The molecule has 2 aromatic rings. The zero-order valence-corrected chi connectivity index (χ0v) is 17.1. The third-order valence-electron chi connectivity index (χ3n) is 4.41. The molecule has 27 heavy (non-hydrogen) atoms. The molecule has 2 aliphatic heterocycles. The lowest BCUT2D eigenvalue weighted by atomic mass is 10.1. The van der Waals surface area contributed by atoms with Gasteiger partial charge < -0.3 is 9.47 Å². The van der Waals surface area contributed by atoms with Crippen LogP contribution in [0.3, 0.4) is 0 Å². The second kappa shape index (κ2) is 7.55. The van der Waals surface area contributed by atoms with E-state index in [-0.39, 0.29) is 17.6 Å². The van der Waals surface area contributed by atoms with Crippen molar-refractivity contribution in [1.29, 1.82) is 0 Å². The first-order valence-corrected chi connectivity index (χ1v) is 9.98. The van der Waals surface area contributed by atoms with E-state index in [1.54, 1.807) is 19.2 Å². The predicted octanol–water partition coefficient (Wildman–Crippen LogP) is 3.47. The van der Waals surface area contributed by atoms with Gasteiger partial charge in [0.1, 0.15) is 17.7 Å². The molecule has 0 aliphatic carbocycles. The third kappa shape index (κ3) is 3.58. The summed E-state index contributed by atoms with van der Waals surface area (Å²) in [7, 11) is 3.22. The third-order valence-corrected chi connectivity index (χ3v) is 6.05. The molecule has 2 aromatic carbocycles. The van der Waals surface area contributed by atoms with Gasteiger partial charge in [-0.15, -0.1) is 0 Å². The van der Waals surface area contributed by atoms with Crippen LogP contribution in [0.4, 0.5) is 0 Å². The fourth-order valence-corrected chi connectivity index (χ4v) is 4.38. The van der Waals surface area contributed by atoms with E-state index in [9.17, 15) is 4.79 Å². The summed E-state index contributed by atoms with van der Waals surface area (Å²) < 4.78 is 11.7. The molecule has 2 aliphatic rings. The van der Waals surface area contributed by atoms with Crippen LogP contribution in [0.25, 0.3) is 6.08 Å². The highest BCUT2D eigenvalue weighted by Crippen LogP contribution is 2.39. The molecule has 2 fully saturated rings. The number of rotatable bonds is 4. The molecular formula is C19H18BrN3O3S. The maximum atomic E-state index is 12.8. The molecule has 2 heterocycles.